The SMILES string of the molecule is CC(=O)Nc1ccc(NC(=O)C(C)(C)C(N)=NO)cc1. The number of nitrogens with two attached hydrogens (primary N) is 1. The van der Waals surface area contributed by atoms with Crippen LogP contribution in [0.5, 0.6) is 0 Å². The summed E-state index contributed by atoms with van der Waals surface area (Å²) in [6, 6.07) is 6.61. The Labute approximate surface area is 116 Å². The van der Waals surface area contributed by atoms with Crippen LogP contribution in [-0.2, 0) is 9.59 Å². The highest BCUT2D eigenvalue weighted by Gasteiger charge is 2.32. The molecule has 1 aromatic rings. The number of benzene rings is 1. The average Bonchev–Trinajstić information content (AvgIpc) is 2.39. The van der Waals surface area contributed by atoms with Gasteiger partial charge in [-0.1, -0.05) is 5.16 Å². The van der Waals surface area contributed by atoms with Crippen LogP contribution in [0.4, 0.5) is 11.4 Å². The van der Waals surface area contributed by atoms with E-state index in [0.29, 0.717) is 11.4 Å². The largest absolute Gasteiger partial charge is 0.409 e. The zero-order valence-electron chi connectivity index (χ0n) is 11.6. The van der Waals surface area contributed by atoms with E-state index in [9.17, 15) is 9.59 Å². The van der Waals surface area contributed by atoms with Crippen LogP contribution in [0, 0.1) is 5.41 Å². The molecule has 0 heterocycles. The number of nitrogens with one attached hydrogen (secondary N) is 2. The normalized spacial score (nSPS) is 11.8. The number of carbonyl (C=O) groups is 2. The van der Waals surface area contributed by atoms with Gasteiger partial charge < -0.3 is 21.6 Å². The van der Waals surface area contributed by atoms with Crippen LogP contribution >= 0.6 is 0 Å². The van der Waals surface area contributed by atoms with Crippen molar-refractivity contribution in [1.82, 2.24) is 0 Å². The Bertz CT molecular complexity index is 535. The van der Waals surface area contributed by atoms with Crippen molar-refractivity contribution >= 4 is 29.0 Å². The van der Waals surface area contributed by atoms with Crippen LogP contribution in [0.1, 0.15) is 20.8 Å². The Hall–Kier alpha value is -2.57. The van der Waals surface area contributed by atoms with Crippen molar-refractivity contribution in [2.75, 3.05) is 10.6 Å². The summed E-state index contributed by atoms with van der Waals surface area (Å²) >= 11 is 0. The molecule has 0 spiro atoms. The fourth-order valence-electron chi connectivity index (χ4n) is 1.37. The molecule has 0 atom stereocenters. The minimum Gasteiger partial charge on any atom is -0.409 e. The maximum absolute atomic E-state index is 12.0. The van der Waals surface area contributed by atoms with Crippen molar-refractivity contribution in [2.24, 2.45) is 16.3 Å². The number of amidine groups is 1. The van der Waals surface area contributed by atoms with Crippen molar-refractivity contribution in [3.05, 3.63) is 24.3 Å². The molecule has 0 fully saturated rings. The van der Waals surface area contributed by atoms with Crippen molar-refractivity contribution in [3.63, 3.8) is 0 Å². The van der Waals surface area contributed by atoms with Gasteiger partial charge in [-0.15, -0.1) is 0 Å². The first kappa shape index (κ1) is 15.5. The van der Waals surface area contributed by atoms with Gasteiger partial charge in [0, 0.05) is 18.3 Å². The van der Waals surface area contributed by atoms with Crippen LogP contribution in [0.25, 0.3) is 0 Å². The summed E-state index contributed by atoms with van der Waals surface area (Å²) in [6.45, 7) is 4.50. The smallest absolute Gasteiger partial charge is 0.237 e. The van der Waals surface area contributed by atoms with Crippen LogP contribution in [-0.4, -0.2) is 22.9 Å². The van der Waals surface area contributed by atoms with Crippen LogP contribution < -0.4 is 16.4 Å². The predicted molar refractivity (Wildman–Crippen MR) is 76.6 cm³/mol. The van der Waals surface area contributed by atoms with Gasteiger partial charge in [0.15, 0.2) is 5.84 Å². The Morgan fingerprint density at radius 2 is 1.60 bits per heavy atom. The molecule has 7 heteroatoms. The quantitative estimate of drug-likeness (QED) is 0.288. The highest BCUT2D eigenvalue weighted by atomic mass is 16.4. The van der Waals surface area contributed by atoms with Crippen LogP contribution in [0.3, 0.4) is 0 Å². The fraction of sp³-hybridized carbons (Fsp3) is 0.308. The molecule has 20 heavy (non-hydrogen) atoms. The lowest BCUT2D eigenvalue weighted by molar-refractivity contribution is -0.121. The molecule has 2 amide bonds. The minimum atomic E-state index is -1.13. The van der Waals surface area contributed by atoms with Crippen LogP contribution in [0.2, 0.25) is 0 Å². The second-order valence-corrected chi connectivity index (χ2v) is 4.82. The third kappa shape index (κ3) is 3.71. The highest BCUT2D eigenvalue weighted by molar-refractivity contribution is 6.11. The van der Waals surface area contributed by atoms with Gasteiger partial charge >= 0.3 is 0 Å². The Balaban J connectivity index is 2.79. The van der Waals surface area contributed by atoms with Gasteiger partial charge in [-0.3, -0.25) is 9.59 Å². The van der Waals surface area contributed by atoms with Gasteiger partial charge in [-0.25, -0.2) is 0 Å². The molecular formula is C13H18N4O3. The molecular weight excluding hydrogens is 260 g/mol. The zero-order valence-corrected chi connectivity index (χ0v) is 11.6. The molecule has 108 valence electrons. The van der Waals surface area contributed by atoms with E-state index in [1.807, 2.05) is 0 Å². The fourth-order valence-corrected chi connectivity index (χ4v) is 1.37. The number of carbonyl (C=O) groups excluding carboxylic acids is 2. The molecule has 0 radical (unpaired) electrons. The molecule has 0 saturated heterocycles. The molecule has 7 nitrogen and oxygen atoms in total. The molecule has 0 unspecified atom stereocenters. The number of anilines is 2. The maximum atomic E-state index is 12.0. The second kappa shape index (κ2) is 6.05. The Morgan fingerprint density at radius 3 is 2.00 bits per heavy atom. The highest BCUT2D eigenvalue weighted by Crippen LogP contribution is 2.20. The number of nitrogens with zero attached hydrogens (tertiary/aromatic N) is 1. The first-order chi connectivity index (χ1) is 9.27. The van der Waals surface area contributed by atoms with E-state index in [4.69, 9.17) is 10.9 Å². The minimum absolute atomic E-state index is 0.171. The Kier molecular flexibility index (Phi) is 4.68. The van der Waals surface area contributed by atoms with E-state index >= 15 is 0 Å². The van der Waals surface area contributed by atoms with Gasteiger partial charge in [0.25, 0.3) is 0 Å². The second-order valence-electron chi connectivity index (χ2n) is 4.82. The van der Waals surface area contributed by atoms with E-state index < -0.39 is 11.3 Å². The topological polar surface area (TPSA) is 117 Å². The first-order valence-corrected chi connectivity index (χ1v) is 5.94. The standard InChI is InChI=1S/C13H18N4O3/c1-8(18)15-9-4-6-10(7-5-9)16-12(19)13(2,3)11(14)17-20/h4-7,20H,1-3H3,(H2,14,17)(H,15,18)(H,16,19). The van der Waals surface area contributed by atoms with Gasteiger partial charge in [-0.05, 0) is 38.1 Å². The van der Waals surface area contributed by atoms with Gasteiger partial charge in [0.2, 0.25) is 11.8 Å². The molecule has 5 N–H and O–H groups in total. The van der Waals surface area contributed by atoms with E-state index in [1.165, 1.54) is 6.92 Å². The van der Waals surface area contributed by atoms with Crippen molar-refractivity contribution in [3.8, 4) is 0 Å². The molecule has 0 bridgehead atoms. The number of rotatable bonds is 4. The summed E-state index contributed by atoms with van der Waals surface area (Å²) in [4.78, 5) is 22.9. The van der Waals surface area contributed by atoms with E-state index in [1.54, 1.807) is 38.1 Å². The van der Waals surface area contributed by atoms with Crippen LogP contribution in [0.15, 0.2) is 29.4 Å². The number of amides is 2. The summed E-state index contributed by atoms with van der Waals surface area (Å²) in [5, 5.41) is 16.8. The van der Waals surface area contributed by atoms with Crippen molar-refractivity contribution in [1.29, 1.82) is 0 Å². The monoisotopic (exact) mass is 278 g/mol. The third-order valence-electron chi connectivity index (χ3n) is 2.78. The van der Waals surface area contributed by atoms with Gasteiger partial charge in [-0.2, -0.15) is 0 Å². The van der Waals surface area contributed by atoms with E-state index in [-0.39, 0.29) is 11.7 Å². The lowest BCUT2D eigenvalue weighted by Crippen LogP contribution is -2.42. The van der Waals surface area contributed by atoms with Crippen molar-refractivity contribution in [2.45, 2.75) is 20.8 Å². The molecule has 0 aliphatic heterocycles. The number of hydrogen-bond donors (Lipinski definition) is 4. The maximum Gasteiger partial charge on any atom is 0.237 e. The van der Waals surface area contributed by atoms with Crippen molar-refractivity contribution < 1.29 is 14.8 Å². The number of oxime groups is 1. The molecule has 0 aliphatic rings. The Morgan fingerprint density at radius 1 is 1.15 bits per heavy atom. The number of hydrogen-bond acceptors (Lipinski definition) is 4. The summed E-state index contributed by atoms with van der Waals surface area (Å²) in [5.41, 5.74) is 5.52. The molecule has 0 saturated carbocycles. The first-order valence-electron chi connectivity index (χ1n) is 5.94. The van der Waals surface area contributed by atoms with Gasteiger partial charge in [0.05, 0.1) is 0 Å². The van der Waals surface area contributed by atoms with E-state index in [2.05, 4.69) is 15.8 Å². The predicted octanol–water partition coefficient (Wildman–Crippen LogP) is 1.36. The van der Waals surface area contributed by atoms with Gasteiger partial charge in [0.1, 0.15) is 5.41 Å². The van der Waals surface area contributed by atoms with E-state index in [0.717, 1.165) is 0 Å². The lowest BCUT2D eigenvalue weighted by Gasteiger charge is -2.21. The lowest BCUT2D eigenvalue weighted by atomic mass is 9.91. The average molecular weight is 278 g/mol. The third-order valence-corrected chi connectivity index (χ3v) is 2.78. The molecule has 1 aromatic carbocycles. The zero-order chi connectivity index (χ0) is 15.3. The summed E-state index contributed by atoms with van der Waals surface area (Å²) in [7, 11) is 0. The molecule has 1 rings (SSSR count). The molecule has 0 aliphatic carbocycles. The summed E-state index contributed by atoms with van der Waals surface area (Å²) in [5.74, 6) is -0.750. The summed E-state index contributed by atoms with van der Waals surface area (Å²) in [6.07, 6.45) is 0. The summed E-state index contributed by atoms with van der Waals surface area (Å²) < 4.78 is 0. The molecule has 0 aromatic heterocycles.